The van der Waals surface area contributed by atoms with Crippen molar-refractivity contribution in [1.82, 2.24) is 10.2 Å². The third kappa shape index (κ3) is 5.17. The maximum atomic E-state index is 12.3. The molecule has 0 radical (unpaired) electrons. The van der Waals surface area contributed by atoms with Crippen LogP contribution in [0.3, 0.4) is 0 Å². The molecule has 3 rings (SSSR count). The molecule has 0 bridgehead atoms. The minimum absolute atomic E-state index is 0.0409. The van der Waals surface area contributed by atoms with E-state index in [4.69, 9.17) is 25.6 Å². The van der Waals surface area contributed by atoms with Crippen molar-refractivity contribution in [1.29, 1.82) is 0 Å². The van der Waals surface area contributed by atoms with Gasteiger partial charge in [-0.3, -0.25) is 0 Å². The third-order valence-electron chi connectivity index (χ3n) is 3.43. The van der Waals surface area contributed by atoms with Gasteiger partial charge in [-0.15, -0.1) is 10.2 Å². The van der Waals surface area contributed by atoms with Crippen LogP contribution in [0, 0.1) is 0 Å². The van der Waals surface area contributed by atoms with Gasteiger partial charge in [0, 0.05) is 16.1 Å². The van der Waals surface area contributed by atoms with Gasteiger partial charge in [-0.05, 0) is 42.5 Å². The van der Waals surface area contributed by atoms with Crippen LogP contribution in [-0.2, 0) is 11.4 Å². The largest absolute Gasteiger partial charge is 0.493 e. The Labute approximate surface area is 163 Å². The molecule has 3 aromatic rings. The van der Waals surface area contributed by atoms with Crippen LogP contribution in [0.15, 0.2) is 52.0 Å². The third-order valence-corrected chi connectivity index (χ3v) is 3.68. The van der Waals surface area contributed by atoms with E-state index >= 15 is 0 Å². The van der Waals surface area contributed by atoms with Gasteiger partial charge in [-0.25, -0.2) is 0 Å². The molecular weight excluding hydrogens is 396 g/mol. The molecule has 0 N–H and O–H groups in total. The monoisotopic (exact) mass is 409 g/mol. The van der Waals surface area contributed by atoms with Crippen molar-refractivity contribution in [3.05, 3.63) is 58.9 Å². The first kappa shape index (κ1) is 19.6. The van der Waals surface area contributed by atoms with E-state index in [1.54, 1.807) is 24.3 Å². The number of hydrogen-bond acceptors (Lipinski definition) is 7. The Bertz CT molecular complexity index is 948. The summed E-state index contributed by atoms with van der Waals surface area (Å²) in [6.45, 7) is -2.98. The van der Waals surface area contributed by atoms with Crippen molar-refractivity contribution in [3.8, 4) is 23.0 Å². The lowest BCUT2D eigenvalue weighted by Gasteiger charge is -2.09. The number of oxime groups is 1. The quantitative estimate of drug-likeness (QED) is 0.401. The van der Waals surface area contributed by atoms with E-state index in [0.29, 0.717) is 16.5 Å². The number of alkyl halides is 2. The zero-order valence-electron chi connectivity index (χ0n) is 14.5. The summed E-state index contributed by atoms with van der Waals surface area (Å²) >= 11 is 5.84. The van der Waals surface area contributed by atoms with E-state index in [9.17, 15) is 8.78 Å². The highest BCUT2D eigenvalue weighted by Gasteiger charge is 2.11. The summed E-state index contributed by atoms with van der Waals surface area (Å²) in [5, 5.41) is 12.2. The molecule has 0 saturated carbocycles. The van der Waals surface area contributed by atoms with E-state index in [-0.39, 0.29) is 24.0 Å². The lowest BCUT2D eigenvalue weighted by molar-refractivity contribution is -0.0512. The second-order valence-electron chi connectivity index (χ2n) is 5.30. The number of methoxy groups -OCH3 is 1. The molecule has 1 heterocycles. The molecule has 10 heteroatoms. The fraction of sp³-hybridized carbons (Fsp3) is 0.167. The molecule has 0 fully saturated rings. The fourth-order valence-electron chi connectivity index (χ4n) is 2.17. The number of benzene rings is 2. The van der Waals surface area contributed by atoms with Crippen LogP contribution in [0.1, 0.15) is 11.5 Å². The Balaban J connectivity index is 1.57. The average Bonchev–Trinajstić information content (AvgIpc) is 3.15. The van der Waals surface area contributed by atoms with Crippen molar-refractivity contribution in [2.24, 2.45) is 5.16 Å². The molecule has 7 nitrogen and oxygen atoms in total. The number of rotatable bonds is 8. The van der Waals surface area contributed by atoms with Crippen LogP contribution in [-0.4, -0.2) is 30.1 Å². The molecule has 0 aliphatic carbocycles. The average molecular weight is 410 g/mol. The molecule has 0 unspecified atom stereocenters. The number of aromatic nitrogens is 2. The summed E-state index contributed by atoms with van der Waals surface area (Å²) in [6, 6.07) is 11.3. The Kier molecular flexibility index (Phi) is 6.38. The van der Waals surface area contributed by atoms with Gasteiger partial charge in [0.05, 0.1) is 13.3 Å². The zero-order chi connectivity index (χ0) is 19.9. The van der Waals surface area contributed by atoms with Crippen LogP contribution >= 0.6 is 11.6 Å². The van der Waals surface area contributed by atoms with Gasteiger partial charge in [0.1, 0.15) is 0 Å². The standard InChI is InChI=1S/C18H14ClF2N3O4/c1-25-15-8-11(2-7-14(15)27-18(20)21)9-22-26-10-16-23-24-17(28-16)12-3-5-13(19)6-4-12/h2-9,18H,10H2,1H3/b22-9-. The van der Waals surface area contributed by atoms with E-state index in [0.717, 1.165) is 5.56 Å². The molecule has 0 aliphatic heterocycles. The Morgan fingerprint density at radius 1 is 1.14 bits per heavy atom. The molecule has 0 aliphatic rings. The number of halogens is 3. The Hall–Kier alpha value is -3.20. The van der Waals surface area contributed by atoms with Crippen LogP contribution in [0.4, 0.5) is 8.78 Å². The van der Waals surface area contributed by atoms with Gasteiger partial charge in [0.25, 0.3) is 5.89 Å². The van der Waals surface area contributed by atoms with Crippen molar-refractivity contribution >= 4 is 17.8 Å². The minimum atomic E-state index is -2.94. The lowest BCUT2D eigenvalue weighted by Crippen LogP contribution is -2.03. The first-order valence-corrected chi connectivity index (χ1v) is 8.29. The van der Waals surface area contributed by atoms with Crippen molar-refractivity contribution in [2.75, 3.05) is 7.11 Å². The first-order chi connectivity index (χ1) is 13.5. The first-order valence-electron chi connectivity index (χ1n) is 7.91. The summed E-state index contributed by atoms with van der Waals surface area (Å²) in [5.74, 6) is 0.642. The SMILES string of the molecule is COc1cc(/C=N\OCc2nnc(-c3ccc(Cl)cc3)o2)ccc1OC(F)F. The highest BCUT2D eigenvalue weighted by molar-refractivity contribution is 6.30. The highest BCUT2D eigenvalue weighted by atomic mass is 35.5. The molecule has 0 saturated heterocycles. The summed E-state index contributed by atoms with van der Waals surface area (Å²) in [7, 11) is 1.35. The number of ether oxygens (including phenoxy) is 2. The van der Waals surface area contributed by atoms with Crippen LogP contribution < -0.4 is 9.47 Å². The zero-order valence-corrected chi connectivity index (χ0v) is 15.3. The Morgan fingerprint density at radius 3 is 2.64 bits per heavy atom. The maximum absolute atomic E-state index is 12.3. The maximum Gasteiger partial charge on any atom is 0.387 e. The fourth-order valence-corrected chi connectivity index (χ4v) is 2.30. The smallest absolute Gasteiger partial charge is 0.387 e. The molecule has 0 amide bonds. The molecule has 1 aromatic heterocycles. The minimum Gasteiger partial charge on any atom is -0.493 e. The van der Waals surface area contributed by atoms with Crippen LogP contribution in [0.2, 0.25) is 5.02 Å². The van der Waals surface area contributed by atoms with E-state index in [2.05, 4.69) is 20.1 Å². The van der Waals surface area contributed by atoms with Crippen LogP contribution in [0.5, 0.6) is 11.5 Å². The molecular formula is C18H14ClF2N3O4. The highest BCUT2D eigenvalue weighted by Crippen LogP contribution is 2.29. The lowest BCUT2D eigenvalue weighted by atomic mass is 10.2. The van der Waals surface area contributed by atoms with Gasteiger partial charge in [0.15, 0.2) is 18.1 Å². The van der Waals surface area contributed by atoms with Gasteiger partial charge in [-0.1, -0.05) is 16.8 Å². The van der Waals surface area contributed by atoms with Crippen molar-refractivity contribution in [3.63, 3.8) is 0 Å². The molecule has 2 aromatic carbocycles. The summed E-state index contributed by atoms with van der Waals surface area (Å²) in [4.78, 5) is 5.12. The van der Waals surface area contributed by atoms with Gasteiger partial charge in [-0.2, -0.15) is 8.78 Å². The molecule has 0 spiro atoms. The topological polar surface area (TPSA) is 79.0 Å². The summed E-state index contributed by atoms with van der Waals surface area (Å²) < 4.78 is 39.5. The number of hydrogen-bond donors (Lipinski definition) is 0. The van der Waals surface area contributed by atoms with Crippen molar-refractivity contribution < 1.29 is 27.5 Å². The molecule has 28 heavy (non-hydrogen) atoms. The second-order valence-corrected chi connectivity index (χ2v) is 5.74. The number of nitrogens with zero attached hydrogens (tertiary/aromatic N) is 3. The van der Waals surface area contributed by atoms with Crippen molar-refractivity contribution in [2.45, 2.75) is 13.2 Å². The van der Waals surface area contributed by atoms with E-state index in [1.807, 2.05) is 0 Å². The second kappa shape index (κ2) is 9.14. The predicted octanol–water partition coefficient (Wildman–Crippen LogP) is 4.55. The normalized spacial score (nSPS) is 11.2. The van der Waals surface area contributed by atoms with Gasteiger partial charge >= 0.3 is 6.61 Å². The predicted molar refractivity (Wildman–Crippen MR) is 96.8 cm³/mol. The van der Waals surface area contributed by atoms with Crippen LogP contribution in [0.25, 0.3) is 11.5 Å². The summed E-state index contributed by atoms with van der Waals surface area (Å²) in [6.07, 6.45) is 1.38. The van der Waals surface area contributed by atoms with Gasteiger partial charge < -0.3 is 18.7 Å². The summed E-state index contributed by atoms with van der Waals surface area (Å²) in [5.41, 5.74) is 1.29. The Morgan fingerprint density at radius 2 is 1.93 bits per heavy atom. The van der Waals surface area contributed by atoms with E-state index < -0.39 is 6.61 Å². The molecule has 146 valence electrons. The van der Waals surface area contributed by atoms with E-state index in [1.165, 1.54) is 31.5 Å². The molecule has 0 atom stereocenters. The van der Waals surface area contributed by atoms with Gasteiger partial charge in [0.2, 0.25) is 5.89 Å².